The van der Waals surface area contributed by atoms with Crippen molar-refractivity contribution in [1.29, 1.82) is 0 Å². The predicted octanol–water partition coefficient (Wildman–Crippen LogP) is 2.00. The number of anilines is 2. The van der Waals surface area contributed by atoms with Crippen molar-refractivity contribution in [2.45, 2.75) is 24.6 Å². The molecule has 2 saturated heterocycles. The van der Waals surface area contributed by atoms with E-state index in [9.17, 15) is 9.50 Å². The van der Waals surface area contributed by atoms with E-state index in [-0.39, 0.29) is 11.9 Å². The molecular weight excluding hydrogens is 539 g/mol. The first-order valence-corrected chi connectivity index (χ1v) is 13.9. The Kier molecular flexibility index (Phi) is 6.56. The number of halogens is 1. The lowest BCUT2D eigenvalue weighted by atomic mass is 9.87. The minimum Gasteiger partial charge on any atom is -0.388 e. The van der Waals surface area contributed by atoms with Crippen LogP contribution in [-0.2, 0) is 10.3 Å². The van der Waals surface area contributed by atoms with Gasteiger partial charge in [0.2, 0.25) is 5.95 Å². The van der Waals surface area contributed by atoms with Gasteiger partial charge in [-0.2, -0.15) is 10.2 Å². The van der Waals surface area contributed by atoms with Gasteiger partial charge in [0.15, 0.2) is 5.82 Å². The molecule has 3 atom stereocenters. The van der Waals surface area contributed by atoms with Crippen molar-refractivity contribution in [2.75, 3.05) is 49.2 Å². The van der Waals surface area contributed by atoms with Crippen LogP contribution in [0.4, 0.5) is 16.2 Å². The minimum absolute atomic E-state index is 0.183. The molecule has 6 heterocycles. The molecule has 1 aromatic carbocycles. The molecule has 2 aliphatic heterocycles. The summed E-state index contributed by atoms with van der Waals surface area (Å²) in [5.74, 6) is 1.20. The van der Waals surface area contributed by atoms with Gasteiger partial charge in [-0.25, -0.2) is 23.9 Å². The van der Waals surface area contributed by atoms with E-state index in [1.54, 1.807) is 41.7 Å². The zero-order chi connectivity index (χ0) is 28.8. The first-order chi connectivity index (χ1) is 20.4. The van der Waals surface area contributed by atoms with E-state index >= 15 is 0 Å². The van der Waals surface area contributed by atoms with E-state index in [2.05, 4.69) is 41.0 Å². The van der Waals surface area contributed by atoms with Crippen LogP contribution in [0.5, 0.6) is 0 Å². The van der Waals surface area contributed by atoms with Crippen LogP contribution in [0.25, 0.3) is 16.6 Å². The Morgan fingerprint density at radius 3 is 2.36 bits per heavy atom. The maximum atomic E-state index is 13.4. The van der Waals surface area contributed by atoms with Crippen molar-refractivity contribution in [1.82, 2.24) is 34.3 Å². The average Bonchev–Trinajstić information content (AvgIpc) is 3.77. The summed E-state index contributed by atoms with van der Waals surface area (Å²) in [6, 6.07) is 8.06. The standard InChI is InChI=1S/C29H31FN10O2/c1-29(31,21-2-4-23(30)5-3-21)22-12-32-28(33-13-22)38-8-6-37(7-9-38)27-24-10-19(14-39(24)36-18-34-27)20-11-35-40(15-20)25-16-42-17-26(25)41/h2-5,10-15,18,25-26,41H,6-9,16-17,31H2,1H3/t25-,26-,29+/m1/s1. The van der Waals surface area contributed by atoms with Gasteiger partial charge in [-0.3, -0.25) is 4.68 Å². The van der Waals surface area contributed by atoms with Crippen LogP contribution in [-0.4, -0.2) is 84.9 Å². The largest absolute Gasteiger partial charge is 0.388 e. The van der Waals surface area contributed by atoms with Gasteiger partial charge in [-0.15, -0.1) is 0 Å². The fourth-order valence-corrected chi connectivity index (χ4v) is 5.60. The Morgan fingerprint density at radius 1 is 0.905 bits per heavy atom. The van der Waals surface area contributed by atoms with Crippen LogP contribution >= 0.6 is 0 Å². The second kappa shape index (κ2) is 10.4. The highest BCUT2D eigenvalue weighted by Crippen LogP contribution is 2.30. The van der Waals surface area contributed by atoms with E-state index in [0.29, 0.717) is 19.2 Å². The number of fused-ring (bicyclic) bond motifs is 1. The van der Waals surface area contributed by atoms with Crippen LogP contribution < -0.4 is 15.5 Å². The maximum absolute atomic E-state index is 13.4. The summed E-state index contributed by atoms with van der Waals surface area (Å²) in [6.45, 7) is 5.55. The molecule has 3 N–H and O–H groups in total. The zero-order valence-electron chi connectivity index (χ0n) is 23.1. The Bertz CT molecular complexity index is 1690. The van der Waals surface area contributed by atoms with Crippen molar-refractivity contribution < 1.29 is 14.2 Å². The van der Waals surface area contributed by atoms with Crippen LogP contribution in [0.15, 0.2) is 67.6 Å². The lowest BCUT2D eigenvalue weighted by Gasteiger charge is -2.35. The number of benzene rings is 1. The fourth-order valence-electron chi connectivity index (χ4n) is 5.60. The van der Waals surface area contributed by atoms with E-state index < -0.39 is 11.6 Å². The number of aromatic nitrogens is 7. The molecule has 0 amide bonds. The Balaban J connectivity index is 1.05. The third kappa shape index (κ3) is 4.74. The zero-order valence-corrected chi connectivity index (χ0v) is 23.1. The molecule has 0 saturated carbocycles. The second-order valence-electron chi connectivity index (χ2n) is 11.0. The molecule has 5 aromatic rings. The highest BCUT2D eigenvalue weighted by Gasteiger charge is 2.29. The van der Waals surface area contributed by atoms with Gasteiger partial charge in [0, 0.05) is 67.7 Å². The number of hydrogen-bond donors (Lipinski definition) is 2. The summed E-state index contributed by atoms with van der Waals surface area (Å²) < 4.78 is 22.4. The van der Waals surface area contributed by atoms with Gasteiger partial charge in [0.1, 0.15) is 29.8 Å². The summed E-state index contributed by atoms with van der Waals surface area (Å²) >= 11 is 0. The fraction of sp³-hybridized carbons (Fsp3) is 0.345. The van der Waals surface area contributed by atoms with Crippen LogP contribution in [0.1, 0.15) is 24.1 Å². The van der Waals surface area contributed by atoms with Crippen molar-refractivity contribution >= 4 is 17.3 Å². The lowest BCUT2D eigenvalue weighted by molar-refractivity contribution is 0.118. The summed E-state index contributed by atoms with van der Waals surface area (Å²) in [6.07, 6.45) is 10.2. The molecule has 0 radical (unpaired) electrons. The molecule has 2 fully saturated rings. The number of piperazine rings is 1. The molecule has 0 spiro atoms. The topological polar surface area (TPSA) is 136 Å². The van der Waals surface area contributed by atoms with Gasteiger partial charge < -0.3 is 25.4 Å². The lowest BCUT2D eigenvalue weighted by Crippen LogP contribution is -2.47. The first kappa shape index (κ1) is 26.4. The summed E-state index contributed by atoms with van der Waals surface area (Å²) in [5, 5.41) is 19.1. The SMILES string of the molecule is C[C@](N)(c1ccc(F)cc1)c1cnc(N2CCN(c3ncnn4cc(-c5cnn([C@@H]6COC[C@H]6O)c5)cc34)CC2)nc1. The average molecular weight is 571 g/mol. The second-order valence-corrected chi connectivity index (χ2v) is 11.0. The highest BCUT2D eigenvalue weighted by molar-refractivity contribution is 5.77. The molecule has 4 aromatic heterocycles. The molecule has 0 aliphatic carbocycles. The smallest absolute Gasteiger partial charge is 0.225 e. The Labute approximate surface area is 241 Å². The predicted molar refractivity (Wildman–Crippen MR) is 154 cm³/mol. The van der Waals surface area contributed by atoms with E-state index in [1.807, 2.05) is 23.8 Å². The summed E-state index contributed by atoms with van der Waals surface area (Å²) in [7, 11) is 0. The number of aliphatic hydroxyl groups excluding tert-OH is 1. The highest BCUT2D eigenvalue weighted by atomic mass is 19.1. The van der Waals surface area contributed by atoms with Gasteiger partial charge >= 0.3 is 0 Å². The third-order valence-electron chi connectivity index (χ3n) is 8.23. The summed E-state index contributed by atoms with van der Waals surface area (Å²) in [5.41, 5.74) is 10.1. The molecule has 2 aliphatic rings. The van der Waals surface area contributed by atoms with E-state index in [0.717, 1.165) is 59.8 Å². The molecule has 0 unspecified atom stereocenters. The van der Waals surface area contributed by atoms with Crippen LogP contribution in [0, 0.1) is 5.82 Å². The molecule has 13 heteroatoms. The first-order valence-electron chi connectivity index (χ1n) is 13.9. The third-order valence-corrected chi connectivity index (χ3v) is 8.23. The van der Waals surface area contributed by atoms with Crippen molar-refractivity contribution in [3.8, 4) is 11.1 Å². The monoisotopic (exact) mass is 570 g/mol. The quantitative estimate of drug-likeness (QED) is 0.312. The van der Waals surface area contributed by atoms with Crippen molar-refractivity contribution in [2.24, 2.45) is 5.73 Å². The number of hydrogen-bond acceptors (Lipinski definition) is 10. The number of nitrogens with zero attached hydrogens (tertiary/aromatic N) is 9. The number of ether oxygens (including phenoxy) is 1. The van der Waals surface area contributed by atoms with E-state index in [4.69, 9.17) is 10.5 Å². The Hall–Kier alpha value is -4.46. The van der Waals surface area contributed by atoms with Crippen molar-refractivity contribution in [3.63, 3.8) is 0 Å². The van der Waals surface area contributed by atoms with Gasteiger partial charge in [0.05, 0.1) is 24.9 Å². The number of nitrogens with two attached hydrogens (primary N) is 1. The van der Waals surface area contributed by atoms with Gasteiger partial charge in [-0.05, 0) is 30.7 Å². The van der Waals surface area contributed by atoms with Gasteiger partial charge in [0.25, 0.3) is 0 Å². The Morgan fingerprint density at radius 2 is 1.64 bits per heavy atom. The summed E-state index contributed by atoms with van der Waals surface area (Å²) in [4.78, 5) is 18.2. The maximum Gasteiger partial charge on any atom is 0.225 e. The molecule has 0 bridgehead atoms. The van der Waals surface area contributed by atoms with Gasteiger partial charge in [-0.1, -0.05) is 12.1 Å². The van der Waals surface area contributed by atoms with E-state index in [1.165, 1.54) is 12.1 Å². The normalized spacial score (nSPS) is 20.8. The number of aliphatic hydroxyl groups is 1. The molecular formula is C29H31FN10O2. The number of rotatable bonds is 6. The minimum atomic E-state index is -0.843. The molecule has 216 valence electrons. The molecule has 7 rings (SSSR count). The van der Waals surface area contributed by atoms with Crippen LogP contribution in [0.2, 0.25) is 0 Å². The van der Waals surface area contributed by atoms with Crippen molar-refractivity contribution in [3.05, 3.63) is 84.6 Å². The van der Waals surface area contributed by atoms with Crippen LogP contribution in [0.3, 0.4) is 0 Å². The molecule has 12 nitrogen and oxygen atoms in total. The molecule has 42 heavy (non-hydrogen) atoms.